The van der Waals surface area contributed by atoms with Crippen molar-refractivity contribution in [3.8, 4) is 5.75 Å². The molecule has 2 aliphatic rings. The van der Waals surface area contributed by atoms with Gasteiger partial charge in [0.1, 0.15) is 5.75 Å². The molecular weight excluding hydrogens is 375 g/mol. The number of hydrogen-bond donors (Lipinski definition) is 2. The zero-order chi connectivity index (χ0) is 13.2. The third-order valence-corrected chi connectivity index (χ3v) is 5.09. The lowest BCUT2D eigenvalue weighted by Crippen LogP contribution is -2.47. The van der Waals surface area contributed by atoms with Gasteiger partial charge in [-0.2, -0.15) is 0 Å². The molecule has 1 atom stereocenters. The highest BCUT2D eigenvalue weighted by Gasteiger charge is 2.33. The van der Waals surface area contributed by atoms with Crippen LogP contribution in [-0.2, 0) is 0 Å². The van der Waals surface area contributed by atoms with Gasteiger partial charge in [-0.1, -0.05) is 12.5 Å². The quantitative estimate of drug-likeness (QED) is 0.815. The fourth-order valence-electron chi connectivity index (χ4n) is 3.20. The van der Waals surface area contributed by atoms with Crippen molar-refractivity contribution in [2.45, 2.75) is 25.3 Å². The van der Waals surface area contributed by atoms with E-state index in [0.717, 1.165) is 36.6 Å². The zero-order valence-corrected chi connectivity index (χ0v) is 15.1. The van der Waals surface area contributed by atoms with E-state index in [1.54, 1.807) is 0 Å². The van der Waals surface area contributed by atoms with Crippen molar-refractivity contribution >= 4 is 40.7 Å². The van der Waals surface area contributed by atoms with Gasteiger partial charge in [0.05, 0.1) is 4.47 Å². The first-order chi connectivity index (χ1) is 9.25. The Labute approximate surface area is 147 Å². The van der Waals surface area contributed by atoms with E-state index in [1.165, 1.54) is 24.8 Å². The highest BCUT2D eigenvalue weighted by atomic mass is 79.9. The molecule has 6 heteroatoms. The number of rotatable bonds is 3. The Bertz CT molecular complexity index is 451. The van der Waals surface area contributed by atoms with Crippen molar-refractivity contribution in [1.82, 2.24) is 10.2 Å². The first-order valence-corrected chi connectivity index (χ1v) is 7.98. The smallest absolute Gasteiger partial charge is 0.129 e. The molecule has 0 bridgehead atoms. The molecule has 0 aromatic heterocycles. The summed E-state index contributed by atoms with van der Waals surface area (Å²) in [5.74, 6) is 1.12. The third-order valence-electron chi connectivity index (χ3n) is 4.45. The molecule has 2 N–H and O–H groups in total. The number of halogens is 3. The monoisotopic (exact) mass is 396 g/mol. The van der Waals surface area contributed by atoms with Crippen LogP contribution in [0.1, 0.15) is 30.9 Å². The molecule has 21 heavy (non-hydrogen) atoms. The van der Waals surface area contributed by atoms with Crippen LogP contribution in [0.15, 0.2) is 22.7 Å². The maximum absolute atomic E-state index is 9.68. The molecule has 1 heterocycles. The minimum atomic E-state index is 0. The van der Waals surface area contributed by atoms with Crippen molar-refractivity contribution in [2.75, 3.05) is 26.2 Å². The molecule has 1 aromatic carbocycles. The number of nitrogens with one attached hydrogen (secondary N) is 1. The van der Waals surface area contributed by atoms with Crippen LogP contribution in [0, 0.1) is 5.92 Å². The minimum Gasteiger partial charge on any atom is -0.507 e. The van der Waals surface area contributed by atoms with Gasteiger partial charge < -0.3 is 10.4 Å². The Hall–Kier alpha value is -0.000000000000000111. The first kappa shape index (κ1) is 19.0. The number of phenolic OH excluding ortho intramolecular Hbond substituents is 1. The summed E-state index contributed by atoms with van der Waals surface area (Å²) < 4.78 is 0.810. The molecule has 0 radical (unpaired) electrons. The van der Waals surface area contributed by atoms with E-state index < -0.39 is 0 Å². The van der Waals surface area contributed by atoms with Crippen molar-refractivity contribution in [2.24, 2.45) is 5.92 Å². The lowest BCUT2D eigenvalue weighted by atomic mass is 9.76. The summed E-state index contributed by atoms with van der Waals surface area (Å²) in [5, 5.41) is 13.1. The summed E-state index contributed by atoms with van der Waals surface area (Å²) in [6.45, 7) is 4.42. The van der Waals surface area contributed by atoms with Crippen LogP contribution in [0.5, 0.6) is 5.75 Å². The molecule has 1 aromatic rings. The van der Waals surface area contributed by atoms with Crippen LogP contribution >= 0.6 is 40.7 Å². The second-order valence-corrected chi connectivity index (χ2v) is 6.49. The second kappa shape index (κ2) is 8.59. The fraction of sp³-hybridized carbons (Fsp3) is 0.600. The van der Waals surface area contributed by atoms with Gasteiger partial charge in [-0.25, -0.2) is 0 Å². The predicted octanol–water partition coefficient (Wildman–Crippen LogP) is 3.74. The molecule has 3 nitrogen and oxygen atoms in total. The molecule has 0 amide bonds. The Morgan fingerprint density at radius 1 is 1.19 bits per heavy atom. The maximum Gasteiger partial charge on any atom is 0.129 e. The molecule has 3 rings (SSSR count). The van der Waals surface area contributed by atoms with Crippen molar-refractivity contribution in [3.63, 3.8) is 0 Å². The topological polar surface area (TPSA) is 35.5 Å². The molecule has 1 saturated heterocycles. The number of piperazine rings is 1. The number of hydrogen-bond acceptors (Lipinski definition) is 3. The van der Waals surface area contributed by atoms with Gasteiger partial charge in [0.15, 0.2) is 0 Å². The predicted molar refractivity (Wildman–Crippen MR) is 94.8 cm³/mol. The number of aromatic hydroxyl groups is 1. The minimum absolute atomic E-state index is 0. The van der Waals surface area contributed by atoms with Crippen LogP contribution in [0.25, 0.3) is 0 Å². The van der Waals surface area contributed by atoms with Crippen LogP contribution in [0.2, 0.25) is 0 Å². The maximum atomic E-state index is 9.68. The van der Waals surface area contributed by atoms with Crippen LogP contribution in [-0.4, -0.2) is 36.2 Å². The molecule has 1 saturated carbocycles. The van der Waals surface area contributed by atoms with E-state index in [1.807, 2.05) is 6.07 Å². The highest BCUT2D eigenvalue weighted by molar-refractivity contribution is 9.10. The van der Waals surface area contributed by atoms with E-state index >= 15 is 0 Å². The van der Waals surface area contributed by atoms with Crippen LogP contribution in [0.4, 0.5) is 0 Å². The lowest BCUT2D eigenvalue weighted by molar-refractivity contribution is 0.0836. The molecule has 0 unspecified atom stereocenters. The van der Waals surface area contributed by atoms with Crippen LogP contribution < -0.4 is 5.32 Å². The summed E-state index contributed by atoms with van der Waals surface area (Å²) in [7, 11) is 0. The molecular formula is C15H23BrCl2N2O. The Morgan fingerprint density at radius 2 is 1.86 bits per heavy atom. The van der Waals surface area contributed by atoms with Gasteiger partial charge in [-0.15, -0.1) is 24.8 Å². The van der Waals surface area contributed by atoms with E-state index in [4.69, 9.17) is 0 Å². The van der Waals surface area contributed by atoms with Gasteiger partial charge >= 0.3 is 0 Å². The van der Waals surface area contributed by atoms with E-state index in [9.17, 15) is 5.11 Å². The Balaban J connectivity index is 0.00000110. The van der Waals surface area contributed by atoms with Crippen molar-refractivity contribution in [1.29, 1.82) is 0 Å². The van der Waals surface area contributed by atoms with Crippen molar-refractivity contribution in [3.05, 3.63) is 28.2 Å². The largest absolute Gasteiger partial charge is 0.507 e. The SMILES string of the molecule is Cl.Cl.Oc1ccc([C@H](C2CCC2)N2CCNCC2)cc1Br. The fourth-order valence-corrected chi connectivity index (χ4v) is 3.60. The molecule has 120 valence electrons. The normalized spacial score (nSPS) is 20.8. The number of phenols is 1. The van der Waals surface area contributed by atoms with Gasteiger partial charge in [-0.05, 0) is 52.4 Å². The summed E-state index contributed by atoms with van der Waals surface area (Å²) in [5.41, 5.74) is 1.34. The number of nitrogens with zero attached hydrogens (tertiary/aromatic N) is 1. The summed E-state index contributed by atoms with van der Waals surface area (Å²) >= 11 is 3.45. The second-order valence-electron chi connectivity index (χ2n) is 5.63. The molecule has 1 aliphatic carbocycles. The summed E-state index contributed by atoms with van der Waals surface area (Å²) in [6, 6.07) is 6.52. The van der Waals surface area contributed by atoms with Gasteiger partial charge in [0.25, 0.3) is 0 Å². The standard InChI is InChI=1S/C15H21BrN2O.2ClH/c16-13-10-12(4-5-14(13)19)15(11-2-1-3-11)18-8-6-17-7-9-18;;/h4-5,10-11,15,17,19H,1-3,6-9H2;2*1H/t15-;;/m0../s1. The number of benzene rings is 1. The first-order valence-electron chi connectivity index (χ1n) is 7.19. The van der Waals surface area contributed by atoms with Gasteiger partial charge in [-0.3, -0.25) is 4.90 Å². The third kappa shape index (κ3) is 4.26. The van der Waals surface area contributed by atoms with Gasteiger partial charge in [0.2, 0.25) is 0 Å². The van der Waals surface area contributed by atoms with Crippen molar-refractivity contribution < 1.29 is 5.11 Å². The molecule has 2 fully saturated rings. The Kier molecular flexibility index (Phi) is 7.79. The lowest BCUT2D eigenvalue weighted by Gasteiger charge is -2.43. The van der Waals surface area contributed by atoms with E-state index in [-0.39, 0.29) is 24.8 Å². The zero-order valence-electron chi connectivity index (χ0n) is 11.9. The molecule has 1 aliphatic heterocycles. The van der Waals surface area contributed by atoms with E-state index in [2.05, 4.69) is 38.3 Å². The average molecular weight is 398 g/mol. The summed E-state index contributed by atoms with van der Waals surface area (Å²) in [4.78, 5) is 2.61. The Morgan fingerprint density at radius 3 is 2.38 bits per heavy atom. The van der Waals surface area contributed by atoms with Gasteiger partial charge in [0, 0.05) is 32.2 Å². The molecule has 0 spiro atoms. The highest BCUT2D eigenvalue weighted by Crippen LogP contribution is 2.42. The average Bonchev–Trinajstić information content (AvgIpc) is 2.38. The van der Waals surface area contributed by atoms with E-state index in [0.29, 0.717) is 11.8 Å². The van der Waals surface area contributed by atoms with Crippen LogP contribution in [0.3, 0.4) is 0 Å². The summed E-state index contributed by atoms with van der Waals surface area (Å²) in [6.07, 6.45) is 4.05.